The monoisotopic (exact) mass is 228 g/mol. The van der Waals surface area contributed by atoms with Crippen molar-refractivity contribution in [1.29, 1.82) is 0 Å². The number of aliphatic hydroxyl groups excluding tert-OH is 1. The minimum Gasteiger partial charge on any atom is -0.394 e. The number of carbonyl (C=O) groups excluding carboxylic acids is 1. The van der Waals surface area contributed by atoms with Gasteiger partial charge in [0.15, 0.2) is 0 Å². The Morgan fingerprint density at radius 1 is 1.38 bits per heavy atom. The molecule has 1 saturated carbocycles. The van der Waals surface area contributed by atoms with E-state index in [9.17, 15) is 4.79 Å². The maximum atomic E-state index is 11.8. The summed E-state index contributed by atoms with van der Waals surface area (Å²) < 4.78 is 0. The first-order valence-electron chi connectivity index (χ1n) is 6.21. The average molecular weight is 228 g/mol. The highest BCUT2D eigenvalue weighted by molar-refractivity contribution is 5.77. The summed E-state index contributed by atoms with van der Waals surface area (Å²) in [5, 5.41) is 15.0. The van der Waals surface area contributed by atoms with E-state index >= 15 is 0 Å². The molecule has 0 unspecified atom stereocenters. The molecule has 0 bridgehead atoms. The topological polar surface area (TPSA) is 61.4 Å². The third-order valence-electron chi connectivity index (χ3n) is 3.52. The van der Waals surface area contributed by atoms with Gasteiger partial charge in [-0.25, -0.2) is 0 Å². The highest BCUT2D eigenvalue weighted by Crippen LogP contribution is 2.30. The van der Waals surface area contributed by atoms with Crippen LogP contribution in [0.15, 0.2) is 0 Å². The first kappa shape index (κ1) is 13.5. The molecule has 0 saturated heterocycles. The van der Waals surface area contributed by atoms with Gasteiger partial charge in [0.1, 0.15) is 0 Å². The number of hydrogen-bond acceptors (Lipinski definition) is 3. The summed E-state index contributed by atoms with van der Waals surface area (Å²) in [6.45, 7) is 1.81. The summed E-state index contributed by atoms with van der Waals surface area (Å²) >= 11 is 0. The van der Waals surface area contributed by atoms with Crippen LogP contribution in [0.25, 0.3) is 0 Å². The van der Waals surface area contributed by atoms with E-state index in [1.807, 2.05) is 14.0 Å². The van der Waals surface area contributed by atoms with Crippen molar-refractivity contribution in [3.05, 3.63) is 0 Å². The Morgan fingerprint density at radius 3 is 2.50 bits per heavy atom. The van der Waals surface area contributed by atoms with Crippen LogP contribution in [0.2, 0.25) is 0 Å². The van der Waals surface area contributed by atoms with E-state index in [2.05, 4.69) is 10.6 Å². The predicted octanol–water partition coefficient (Wildman–Crippen LogP) is 0.796. The molecule has 94 valence electrons. The molecule has 0 spiro atoms. The molecule has 0 aromatic heterocycles. The predicted molar refractivity (Wildman–Crippen MR) is 64.2 cm³/mol. The van der Waals surface area contributed by atoms with Crippen molar-refractivity contribution in [1.82, 2.24) is 10.6 Å². The van der Waals surface area contributed by atoms with Crippen LogP contribution in [-0.2, 0) is 4.79 Å². The quantitative estimate of drug-likeness (QED) is 0.652. The summed E-state index contributed by atoms with van der Waals surface area (Å²) in [7, 11) is 1.94. The van der Waals surface area contributed by atoms with Crippen molar-refractivity contribution in [2.24, 2.45) is 0 Å². The van der Waals surface area contributed by atoms with E-state index < -0.39 is 0 Å². The molecule has 0 radical (unpaired) electrons. The Morgan fingerprint density at radius 2 is 2.00 bits per heavy atom. The second-order valence-corrected chi connectivity index (χ2v) is 4.92. The molecule has 1 atom stereocenters. The first-order chi connectivity index (χ1) is 7.62. The Balaban J connectivity index is 2.45. The third-order valence-corrected chi connectivity index (χ3v) is 3.52. The van der Waals surface area contributed by atoms with Crippen molar-refractivity contribution < 1.29 is 9.90 Å². The number of nitrogens with one attached hydrogen (secondary N) is 2. The van der Waals surface area contributed by atoms with Gasteiger partial charge in [0, 0.05) is 18.0 Å². The van der Waals surface area contributed by atoms with Crippen molar-refractivity contribution in [2.75, 3.05) is 13.7 Å². The molecule has 0 aromatic carbocycles. The van der Waals surface area contributed by atoms with Crippen LogP contribution in [0.3, 0.4) is 0 Å². The van der Waals surface area contributed by atoms with E-state index in [0.717, 1.165) is 12.8 Å². The summed E-state index contributed by atoms with van der Waals surface area (Å²) in [6, 6.07) is -0.148. The second-order valence-electron chi connectivity index (χ2n) is 4.92. The highest BCUT2D eigenvalue weighted by Gasteiger charge is 2.32. The molecule has 4 nitrogen and oxygen atoms in total. The number of rotatable bonds is 5. The van der Waals surface area contributed by atoms with Crippen LogP contribution in [0.5, 0.6) is 0 Å². The Kier molecular flexibility index (Phi) is 5.22. The third kappa shape index (κ3) is 3.76. The van der Waals surface area contributed by atoms with Crippen molar-refractivity contribution in [2.45, 2.75) is 57.0 Å². The molecule has 3 N–H and O–H groups in total. The van der Waals surface area contributed by atoms with Crippen LogP contribution in [0.1, 0.15) is 45.4 Å². The van der Waals surface area contributed by atoms with Gasteiger partial charge in [-0.2, -0.15) is 0 Å². The fraction of sp³-hybridized carbons (Fsp3) is 0.917. The van der Waals surface area contributed by atoms with Crippen molar-refractivity contribution >= 4 is 5.91 Å². The molecule has 1 aliphatic rings. The Labute approximate surface area is 97.8 Å². The van der Waals surface area contributed by atoms with Gasteiger partial charge in [-0.3, -0.25) is 4.79 Å². The van der Waals surface area contributed by atoms with E-state index in [1.54, 1.807) is 0 Å². The maximum Gasteiger partial charge on any atom is 0.222 e. The maximum absolute atomic E-state index is 11.8. The van der Waals surface area contributed by atoms with Crippen molar-refractivity contribution in [3.8, 4) is 0 Å². The summed E-state index contributed by atoms with van der Waals surface area (Å²) in [5.41, 5.74) is -0.0164. The van der Waals surface area contributed by atoms with Gasteiger partial charge in [0.05, 0.1) is 6.61 Å². The molecule has 1 amide bonds. The normalized spacial score (nSPS) is 21.4. The molecule has 16 heavy (non-hydrogen) atoms. The molecular weight excluding hydrogens is 204 g/mol. The van der Waals surface area contributed by atoms with E-state index in [0.29, 0.717) is 6.42 Å². The van der Waals surface area contributed by atoms with Crippen LogP contribution in [0, 0.1) is 0 Å². The fourth-order valence-corrected chi connectivity index (χ4v) is 2.42. The number of hydrogen-bond donors (Lipinski definition) is 3. The zero-order chi connectivity index (χ0) is 12.0. The molecule has 1 rings (SSSR count). The van der Waals surface area contributed by atoms with Gasteiger partial charge in [-0.1, -0.05) is 19.3 Å². The summed E-state index contributed by atoms with van der Waals surface area (Å²) in [5.74, 6) is 0.0396. The second kappa shape index (κ2) is 6.21. The lowest BCUT2D eigenvalue weighted by Gasteiger charge is -2.36. The Hall–Kier alpha value is -0.610. The lowest BCUT2D eigenvalue weighted by Crippen LogP contribution is -2.49. The van der Waals surface area contributed by atoms with E-state index in [-0.39, 0.29) is 24.1 Å². The van der Waals surface area contributed by atoms with E-state index in [4.69, 9.17) is 5.11 Å². The van der Waals surface area contributed by atoms with Gasteiger partial charge < -0.3 is 15.7 Å². The molecule has 0 aromatic rings. The van der Waals surface area contributed by atoms with Gasteiger partial charge in [-0.05, 0) is 26.8 Å². The number of carbonyl (C=O) groups is 1. The Bertz CT molecular complexity index is 225. The van der Waals surface area contributed by atoms with Gasteiger partial charge in [0.25, 0.3) is 0 Å². The highest BCUT2D eigenvalue weighted by atomic mass is 16.3. The molecular formula is C12H24N2O2. The standard InChI is InChI=1S/C12H24N2O2/c1-10(9-15)14-11(16)8-12(13-2)6-4-3-5-7-12/h10,13,15H,3-9H2,1-2H3,(H,14,16)/t10-/m0/s1. The van der Waals surface area contributed by atoms with Gasteiger partial charge >= 0.3 is 0 Å². The van der Waals surface area contributed by atoms with Crippen molar-refractivity contribution in [3.63, 3.8) is 0 Å². The van der Waals surface area contributed by atoms with E-state index in [1.165, 1.54) is 19.3 Å². The van der Waals surface area contributed by atoms with Crippen LogP contribution >= 0.6 is 0 Å². The molecule has 4 heteroatoms. The number of amides is 1. The zero-order valence-electron chi connectivity index (χ0n) is 10.4. The minimum atomic E-state index is -0.148. The largest absolute Gasteiger partial charge is 0.394 e. The van der Waals surface area contributed by atoms with Gasteiger partial charge in [-0.15, -0.1) is 0 Å². The molecule has 1 aliphatic carbocycles. The SMILES string of the molecule is CNC1(CC(=O)N[C@@H](C)CO)CCCCC1. The summed E-state index contributed by atoms with van der Waals surface area (Å²) in [4.78, 5) is 11.8. The lowest BCUT2D eigenvalue weighted by molar-refractivity contribution is -0.123. The minimum absolute atomic E-state index is 0.00169. The molecule has 1 fully saturated rings. The first-order valence-corrected chi connectivity index (χ1v) is 6.21. The average Bonchev–Trinajstić information content (AvgIpc) is 2.29. The van der Waals surface area contributed by atoms with Crippen LogP contribution < -0.4 is 10.6 Å². The van der Waals surface area contributed by atoms with Gasteiger partial charge in [0.2, 0.25) is 5.91 Å². The summed E-state index contributed by atoms with van der Waals surface area (Å²) in [6.07, 6.45) is 6.34. The smallest absolute Gasteiger partial charge is 0.222 e. The molecule has 0 aliphatic heterocycles. The zero-order valence-corrected chi connectivity index (χ0v) is 10.4. The molecule has 0 heterocycles. The fourth-order valence-electron chi connectivity index (χ4n) is 2.42. The number of aliphatic hydroxyl groups is 1. The van der Waals surface area contributed by atoms with Crippen LogP contribution in [-0.4, -0.2) is 36.2 Å². The van der Waals surface area contributed by atoms with Crippen LogP contribution in [0.4, 0.5) is 0 Å². The lowest BCUT2D eigenvalue weighted by atomic mass is 9.79.